The van der Waals surface area contributed by atoms with Gasteiger partial charge in [-0.05, 0) is 36.8 Å². The first-order valence-electron chi connectivity index (χ1n) is 8.75. The van der Waals surface area contributed by atoms with Crippen molar-refractivity contribution in [3.63, 3.8) is 0 Å². The Morgan fingerprint density at radius 2 is 2.00 bits per heavy atom. The average molecular weight is 403 g/mol. The SMILES string of the molecule is Cc1c(C2CCN(S(=O)(=O)c3cnn(C)c3C#N)CC2)cn2ncnc2c1F. The van der Waals surface area contributed by atoms with Crippen LogP contribution < -0.4 is 0 Å². The molecule has 0 radical (unpaired) electrons. The van der Waals surface area contributed by atoms with E-state index < -0.39 is 15.8 Å². The fourth-order valence-corrected chi connectivity index (χ4v) is 5.29. The summed E-state index contributed by atoms with van der Waals surface area (Å²) in [5, 5.41) is 17.1. The molecule has 1 aliphatic rings. The lowest BCUT2D eigenvalue weighted by molar-refractivity contribution is 0.318. The molecule has 3 aromatic rings. The molecule has 1 saturated heterocycles. The Labute approximate surface area is 161 Å². The number of aromatic nitrogens is 5. The van der Waals surface area contributed by atoms with E-state index in [1.165, 1.54) is 33.1 Å². The molecule has 1 fully saturated rings. The second-order valence-electron chi connectivity index (χ2n) is 6.82. The van der Waals surface area contributed by atoms with E-state index in [0.717, 1.165) is 5.56 Å². The third-order valence-electron chi connectivity index (χ3n) is 5.32. The summed E-state index contributed by atoms with van der Waals surface area (Å²) in [6.07, 6.45) is 5.36. The van der Waals surface area contributed by atoms with Gasteiger partial charge >= 0.3 is 0 Å². The van der Waals surface area contributed by atoms with Gasteiger partial charge in [-0.2, -0.15) is 19.8 Å². The van der Waals surface area contributed by atoms with Crippen molar-refractivity contribution >= 4 is 15.7 Å². The summed E-state index contributed by atoms with van der Waals surface area (Å²) in [4.78, 5) is 3.84. The zero-order valence-electron chi connectivity index (χ0n) is 15.4. The van der Waals surface area contributed by atoms with Gasteiger partial charge in [0, 0.05) is 26.3 Å². The van der Waals surface area contributed by atoms with Crippen molar-refractivity contribution < 1.29 is 12.8 Å². The summed E-state index contributed by atoms with van der Waals surface area (Å²) < 4.78 is 44.4. The van der Waals surface area contributed by atoms with Crippen LogP contribution in [0.25, 0.3) is 5.65 Å². The molecule has 0 N–H and O–H groups in total. The van der Waals surface area contributed by atoms with Crippen molar-refractivity contribution in [3.05, 3.63) is 41.4 Å². The molecule has 0 amide bonds. The van der Waals surface area contributed by atoms with Crippen molar-refractivity contribution in [1.82, 2.24) is 28.7 Å². The number of sulfonamides is 1. The number of nitrogens with zero attached hydrogens (tertiary/aromatic N) is 7. The van der Waals surface area contributed by atoms with Gasteiger partial charge in [-0.1, -0.05) is 0 Å². The number of hydrogen-bond donors (Lipinski definition) is 0. The molecule has 0 atom stereocenters. The first-order chi connectivity index (χ1) is 13.3. The fourth-order valence-electron chi connectivity index (χ4n) is 3.72. The van der Waals surface area contributed by atoms with Gasteiger partial charge in [0.25, 0.3) is 0 Å². The molecule has 146 valence electrons. The molecule has 9 nitrogen and oxygen atoms in total. The van der Waals surface area contributed by atoms with Gasteiger partial charge in [0.05, 0.1) is 6.20 Å². The van der Waals surface area contributed by atoms with E-state index in [9.17, 15) is 18.1 Å². The Hall–Kier alpha value is -2.84. The van der Waals surface area contributed by atoms with Crippen molar-refractivity contribution in [3.8, 4) is 6.07 Å². The number of fused-ring (bicyclic) bond motifs is 1. The molecule has 4 rings (SSSR count). The van der Waals surface area contributed by atoms with Gasteiger partial charge in [-0.25, -0.2) is 22.3 Å². The molecule has 1 aliphatic heterocycles. The zero-order chi connectivity index (χ0) is 20.1. The number of halogens is 1. The van der Waals surface area contributed by atoms with Crippen molar-refractivity contribution in [2.45, 2.75) is 30.6 Å². The van der Waals surface area contributed by atoms with E-state index in [2.05, 4.69) is 15.2 Å². The van der Waals surface area contributed by atoms with Crippen LogP contribution in [0.15, 0.2) is 23.6 Å². The van der Waals surface area contributed by atoms with E-state index in [0.29, 0.717) is 18.4 Å². The van der Waals surface area contributed by atoms with E-state index in [1.807, 2.05) is 6.07 Å². The van der Waals surface area contributed by atoms with Crippen LogP contribution in [-0.2, 0) is 17.1 Å². The van der Waals surface area contributed by atoms with Crippen LogP contribution in [-0.4, -0.2) is 50.2 Å². The molecular weight excluding hydrogens is 385 g/mol. The smallest absolute Gasteiger partial charge is 0.247 e. The maximum absolute atomic E-state index is 14.6. The highest BCUT2D eigenvalue weighted by Gasteiger charge is 2.34. The van der Waals surface area contributed by atoms with Crippen LogP contribution in [0, 0.1) is 24.1 Å². The minimum absolute atomic E-state index is 0.0108. The van der Waals surface area contributed by atoms with Crippen LogP contribution in [0.4, 0.5) is 4.39 Å². The molecule has 0 spiro atoms. The molecule has 0 aliphatic carbocycles. The zero-order valence-corrected chi connectivity index (χ0v) is 16.2. The third-order valence-corrected chi connectivity index (χ3v) is 7.22. The molecule has 3 aromatic heterocycles. The van der Waals surface area contributed by atoms with Crippen LogP contribution in [0.5, 0.6) is 0 Å². The van der Waals surface area contributed by atoms with E-state index >= 15 is 0 Å². The van der Waals surface area contributed by atoms with Crippen LogP contribution in [0.1, 0.15) is 35.6 Å². The highest BCUT2D eigenvalue weighted by Crippen LogP contribution is 2.34. The molecule has 0 bridgehead atoms. The Kier molecular flexibility index (Phi) is 4.40. The quantitative estimate of drug-likeness (QED) is 0.653. The predicted molar refractivity (Wildman–Crippen MR) is 96.3 cm³/mol. The minimum atomic E-state index is -3.81. The minimum Gasteiger partial charge on any atom is -0.257 e. The standard InChI is InChI=1S/C17H18FN7O2S/c1-11-13(9-25-17(16(11)18)20-10-22-25)12-3-5-24(6-4-12)28(26,27)15-8-21-23(2)14(15)7-19/h8-10,12H,3-6H2,1-2H3. The Morgan fingerprint density at radius 1 is 1.29 bits per heavy atom. The number of pyridine rings is 1. The number of rotatable bonds is 3. The Morgan fingerprint density at radius 3 is 2.68 bits per heavy atom. The summed E-state index contributed by atoms with van der Waals surface area (Å²) >= 11 is 0. The summed E-state index contributed by atoms with van der Waals surface area (Å²) in [6.45, 7) is 2.27. The maximum Gasteiger partial charge on any atom is 0.247 e. The maximum atomic E-state index is 14.6. The monoisotopic (exact) mass is 403 g/mol. The second-order valence-corrected chi connectivity index (χ2v) is 8.73. The van der Waals surface area contributed by atoms with Crippen molar-refractivity contribution in [2.75, 3.05) is 13.1 Å². The summed E-state index contributed by atoms with van der Waals surface area (Å²) in [6, 6.07) is 1.89. The van der Waals surface area contributed by atoms with Gasteiger partial charge in [-0.15, -0.1) is 0 Å². The van der Waals surface area contributed by atoms with Gasteiger partial charge in [0.15, 0.2) is 17.2 Å². The van der Waals surface area contributed by atoms with Crippen molar-refractivity contribution in [1.29, 1.82) is 5.26 Å². The lowest BCUT2D eigenvalue weighted by Gasteiger charge is -2.31. The molecule has 0 unspecified atom stereocenters. The topological polar surface area (TPSA) is 109 Å². The number of hydrogen-bond acceptors (Lipinski definition) is 6. The first kappa shape index (κ1) is 18.5. The number of piperidine rings is 1. The Balaban J connectivity index is 1.58. The van der Waals surface area contributed by atoms with Crippen LogP contribution in [0.2, 0.25) is 0 Å². The molecule has 28 heavy (non-hydrogen) atoms. The Bertz CT molecular complexity index is 1200. The average Bonchev–Trinajstić information content (AvgIpc) is 3.31. The van der Waals surface area contributed by atoms with Crippen LogP contribution >= 0.6 is 0 Å². The van der Waals surface area contributed by atoms with E-state index in [4.69, 9.17) is 0 Å². The van der Waals surface area contributed by atoms with Gasteiger partial charge in [0.1, 0.15) is 17.3 Å². The second kappa shape index (κ2) is 6.65. The molecule has 0 saturated carbocycles. The number of nitriles is 1. The predicted octanol–water partition coefficient (Wildman–Crippen LogP) is 1.35. The van der Waals surface area contributed by atoms with Gasteiger partial charge < -0.3 is 0 Å². The number of aryl methyl sites for hydroxylation is 1. The van der Waals surface area contributed by atoms with Crippen molar-refractivity contribution in [2.24, 2.45) is 7.05 Å². The fraction of sp³-hybridized carbons (Fsp3) is 0.412. The molecule has 4 heterocycles. The lowest BCUT2D eigenvalue weighted by atomic mass is 9.88. The normalized spacial score (nSPS) is 16.5. The highest BCUT2D eigenvalue weighted by molar-refractivity contribution is 7.89. The lowest BCUT2D eigenvalue weighted by Crippen LogP contribution is -2.38. The van der Waals surface area contributed by atoms with E-state index in [1.54, 1.807) is 13.1 Å². The molecule has 11 heteroatoms. The highest BCUT2D eigenvalue weighted by atomic mass is 32.2. The van der Waals surface area contributed by atoms with E-state index in [-0.39, 0.29) is 35.2 Å². The van der Waals surface area contributed by atoms with Crippen LogP contribution in [0.3, 0.4) is 0 Å². The largest absolute Gasteiger partial charge is 0.257 e. The third kappa shape index (κ3) is 2.76. The summed E-state index contributed by atoms with van der Waals surface area (Å²) in [7, 11) is -2.28. The summed E-state index contributed by atoms with van der Waals surface area (Å²) in [5.74, 6) is -0.391. The summed E-state index contributed by atoms with van der Waals surface area (Å²) in [5.41, 5.74) is 1.52. The molecule has 0 aromatic carbocycles. The molecular formula is C17H18FN7O2S. The van der Waals surface area contributed by atoms with Gasteiger partial charge in [-0.3, -0.25) is 4.68 Å². The first-order valence-corrected chi connectivity index (χ1v) is 10.2. The van der Waals surface area contributed by atoms with Gasteiger partial charge in [0.2, 0.25) is 10.0 Å².